The summed E-state index contributed by atoms with van der Waals surface area (Å²) in [6, 6.07) is 6.77. The molecular formula is C26H47N3O2Sn. The zero-order valence-corrected chi connectivity index (χ0v) is 24.4. The number of aromatic nitrogens is 1. The van der Waals surface area contributed by atoms with Crippen molar-refractivity contribution in [2.75, 3.05) is 31.1 Å². The molecule has 0 bridgehead atoms. The van der Waals surface area contributed by atoms with Gasteiger partial charge in [-0.1, -0.05) is 0 Å². The van der Waals surface area contributed by atoms with Crippen molar-refractivity contribution in [1.29, 1.82) is 0 Å². The van der Waals surface area contributed by atoms with E-state index >= 15 is 0 Å². The number of hydrogen-bond acceptors (Lipinski definition) is 4. The fraction of sp³-hybridized carbons (Fsp3) is 0.769. The molecule has 1 aromatic heterocycles. The molecule has 1 aliphatic heterocycles. The van der Waals surface area contributed by atoms with Gasteiger partial charge in [-0.3, -0.25) is 0 Å². The number of piperazine rings is 1. The maximum absolute atomic E-state index is 12.4. The third kappa shape index (κ3) is 8.10. The number of ether oxygens (including phenoxy) is 1. The van der Waals surface area contributed by atoms with Crippen molar-refractivity contribution in [1.82, 2.24) is 9.88 Å². The van der Waals surface area contributed by atoms with E-state index in [1.54, 1.807) is 0 Å². The quantitative estimate of drug-likeness (QED) is 0.307. The summed E-state index contributed by atoms with van der Waals surface area (Å²) in [7, 11) is 0. The SMILES string of the molecule is CCC[CH2][Sn]([CH2]CCC)([CH2]CCC)[c]1cccc(N2CCN(C(=O)OC(C)(C)C)CC2)n1. The minimum atomic E-state index is -2.53. The van der Waals surface area contributed by atoms with Crippen LogP contribution < -0.4 is 8.61 Å². The van der Waals surface area contributed by atoms with Gasteiger partial charge in [-0.2, -0.15) is 0 Å². The van der Waals surface area contributed by atoms with E-state index in [4.69, 9.17) is 9.72 Å². The normalized spacial score (nSPS) is 15.2. The predicted octanol–water partition coefficient (Wildman–Crippen LogP) is 6.19. The van der Waals surface area contributed by atoms with Crippen LogP contribution in [-0.2, 0) is 4.74 Å². The second kappa shape index (κ2) is 13.0. The monoisotopic (exact) mass is 553 g/mol. The zero-order valence-electron chi connectivity index (χ0n) is 21.6. The number of carbonyl (C=O) groups is 1. The van der Waals surface area contributed by atoms with Crippen LogP contribution in [0.2, 0.25) is 13.3 Å². The van der Waals surface area contributed by atoms with Crippen LogP contribution >= 0.6 is 0 Å². The molecule has 0 saturated carbocycles. The standard InChI is InChI=1S/C14H20N3O2.3C4H9.Sn/c1-14(2,3)19-13(18)17-10-8-16(9-11-17)12-6-4-5-7-15-12;3*1-3-4-2;/h4-6H,8-11H2,1-3H3;3*1,3-4H2,2H3;. The summed E-state index contributed by atoms with van der Waals surface area (Å²) in [5, 5.41) is 0. The molecule has 182 valence electrons. The predicted molar refractivity (Wildman–Crippen MR) is 139 cm³/mol. The van der Waals surface area contributed by atoms with Crippen LogP contribution in [0.1, 0.15) is 80.1 Å². The fourth-order valence-electron chi connectivity index (χ4n) is 4.64. The summed E-state index contributed by atoms with van der Waals surface area (Å²) in [4.78, 5) is 22.0. The van der Waals surface area contributed by atoms with Gasteiger partial charge in [0.05, 0.1) is 0 Å². The molecule has 0 N–H and O–H groups in total. The Morgan fingerprint density at radius 3 is 1.94 bits per heavy atom. The van der Waals surface area contributed by atoms with Gasteiger partial charge in [-0.05, 0) is 0 Å². The van der Waals surface area contributed by atoms with Crippen molar-refractivity contribution in [3.8, 4) is 0 Å². The molecule has 0 unspecified atom stereocenters. The van der Waals surface area contributed by atoms with Crippen LogP contribution in [0.3, 0.4) is 0 Å². The molecule has 32 heavy (non-hydrogen) atoms. The molecule has 1 amide bonds. The summed E-state index contributed by atoms with van der Waals surface area (Å²) >= 11 is -2.53. The molecule has 1 fully saturated rings. The minimum absolute atomic E-state index is 0.201. The number of pyridine rings is 1. The number of carbonyl (C=O) groups excluding carboxylic acids is 1. The van der Waals surface area contributed by atoms with Crippen LogP contribution in [0.4, 0.5) is 10.6 Å². The molecule has 1 saturated heterocycles. The molecule has 1 aliphatic rings. The molecule has 0 spiro atoms. The molecule has 2 heterocycles. The Morgan fingerprint density at radius 2 is 1.47 bits per heavy atom. The van der Waals surface area contributed by atoms with Crippen molar-refractivity contribution in [2.45, 2.75) is 99.0 Å². The number of amides is 1. The molecule has 0 aliphatic carbocycles. The molecule has 1 aromatic rings. The van der Waals surface area contributed by atoms with Gasteiger partial charge >= 0.3 is 202 Å². The number of unbranched alkanes of at least 4 members (excludes halogenated alkanes) is 3. The van der Waals surface area contributed by atoms with E-state index in [2.05, 4.69) is 43.9 Å². The van der Waals surface area contributed by atoms with Crippen molar-refractivity contribution in [3.05, 3.63) is 18.2 Å². The van der Waals surface area contributed by atoms with Gasteiger partial charge < -0.3 is 0 Å². The van der Waals surface area contributed by atoms with E-state index in [9.17, 15) is 4.79 Å². The first kappa shape index (κ1) is 27.3. The Labute approximate surface area is 201 Å². The van der Waals surface area contributed by atoms with Crippen LogP contribution in [0.5, 0.6) is 0 Å². The van der Waals surface area contributed by atoms with Crippen molar-refractivity contribution in [2.24, 2.45) is 0 Å². The van der Waals surface area contributed by atoms with Gasteiger partial charge in [0.15, 0.2) is 0 Å². The molecule has 2 rings (SSSR count). The zero-order chi connectivity index (χ0) is 23.6. The van der Waals surface area contributed by atoms with Gasteiger partial charge in [-0.15, -0.1) is 0 Å². The van der Waals surface area contributed by atoms with E-state index in [0.717, 1.165) is 18.9 Å². The Kier molecular flexibility index (Phi) is 11.1. The summed E-state index contributed by atoms with van der Waals surface area (Å²) in [5.74, 6) is 1.11. The Balaban J connectivity index is 2.17. The second-order valence-corrected chi connectivity index (χ2v) is 23.5. The van der Waals surface area contributed by atoms with E-state index in [0.29, 0.717) is 13.1 Å². The fourth-order valence-corrected chi connectivity index (χ4v) is 20.1. The molecule has 5 nitrogen and oxygen atoms in total. The summed E-state index contributed by atoms with van der Waals surface area (Å²) in [6.45, 7) is 15.7. The average Bonchev–Trinajstić information content (AvgIpc) is 2.78. The number of anilines is 1. The number of hydrogen-bond donors (Lipinski definition) is 0. The Morgan fingerprint density at radius 1 is 0.938 bits per heavy atom. The van der Waals surface area contributed by atoms with Crippen molar-refractivity contribution >= 4 is 34.0 Å². The first-order chi connectivity index (χ1) is 15.2. The Bertz CT molecular complexity index is 675. The third-order valence-corrected chi connectivity index (χ3v) is 21.7. The van der Waals surface area contributed by atoms with Crippen molar-refractivity contribution in [3.63, 3.8) is 0 Å². The third-order valence-electron chi connectivity index (χ3n) is 6.56. The van der Waals surface area contributed by atoms with Crippen LogP contribution in [0.25, 0.3) is 0 Å². The van der Waals surface area contributed by atoms with Crippen LogP contribution in [-0.4, -0.2) is 66.1 Å². The van der Waals surface area contributed by atoms with Crippen LogP contribution in [0, 0.1) is 0 Å². The first-order valence-electron chi connectivity index (χ1n) is 12.9. The van der Waals surface area contributed by atoms with E-state index in [-0.39, 0.29) is 6.09 Å². The first-order valence-corrected chi connectivity index (χ1v) is 20.4. The number of rotatable bonds is 11. The summed E-state index contributed by atoms with van der Waals surface area (Å²) < 4.78 is 11.4. The average molecular weight is 552 g/mol. The molecular weight excluding hydrogens is 505 g/mol. The summed E-state index contributed by atoms with van der Waals surface area (Å²) in [6.07, 6.45) is 7.70. The van der Waals surface area contributed by atoms with Crippen LogP contribution in [0.15, 0.2) is 18.2 Å². The molecule has 0 atom stereocenters. The maximum atomic E-state index is 12.4. The molecule has 6 heteroatoms. The topological polar surface area (TPSA) is 45.7 Å². The van der Waals surface area contributed by atoms with E-state index < -0.39 is 24.0 Å². The van der Waals surface area contributed by atoms with Gasteiger partial charge in [0, 0.05) is 0 Å². The van der Waals surface area contributed by atoms with Gasteiger partial charge in [-0.25, -0.2) is 0 Å². The van der Waals surface area contributed by atoms with Crippen molar-refractivity contribution < 1.29 is 9.53 Å². The Hall–Kier alpha value is -0.981. The number of nitrogens with zero attached hydrogens (tertiary/aromatic N) is 3. The molecule has 0 radical (unpaired) electrons. The molecule has 0 aromatic carbocycles. The second-order valence-electron chi connectivity index (χ2n) is 10.4. The van der Waals surface area contributed by atoms with Gasteiger partial charge in [0.25, 0.3) is 0 Å². The summed E-state index contributed by atoms with van der Waals surface area (Å²) in [5.41, 5.74) is -0.449. The van der Waals surface area contributed by atoms with E-state index in [1.165, 1.54) is 55.5 Å². The van der Waals surface area contributed by atoms with E-state index in [1.807, 2.05) is 25.7 Å². The van der Waals surface area contributed by atoms with Gasteiger partial charge in [0.1, 0.15) is 0 Å². The van der Waals surface area contributed by atoms with Gasteiger partial charge in [0.2, 0.25) is 0 Å².